The lowest BCUT2D eigenvalue weighted by atomic mass is 9.96. The maximum atomic E-state index is 5.84. The first-order valence-electron chi connectivity index (χ1n) is 5.92. The second-order valence-corrected chi connectivity index (χ2v) is 4.83. The van der Waals surface area contributed by atoms with E-state index in [4.69, 9.17) is 4.42 Å². The van der Waals surface area contributed by atoms with Crippen molar-refractivity contribution in [2.45, 2.75) is 51.9 Å². The van der Waals surface area contributed by atoms with Crippen molar-refractivity contribution in [2.24, 2.45) is 5.92 Å². The van der Waals surface area contributed by atoms with Crippen molar-refractivity contribution in [3.63, 3.8) is 0 Å². The smallest absolute Gasteiger partial charge is 0.107 e. The molecule has 1 aromatic heterocycles. The number of aryl methyl sites for hydroxylation is 2. The summed E-state index contributed by atoms with van der Waals surface area (Å²) < 4.78 is 5.84. The van der Waals surface area contributed by atoms with Crippen LogP contribution in [0.5, 0.6) is 0 Å². The van der Waals surface area contributed by atoms with Gasteiger partial charge in [-0.05, 0) is 43.6 Å². The molecule has 14 heavy (non-hydrogen) atoms. The van der Waals surface area contributed by atoms with Gasteiger partial charge >= 0.3 is 0 Å². The molecule has 2 unspecified atom stereocenters. The van der Waals surface area contributed by atoms with Gasteiger partial charge in [0.1, 0.15) is 11.5 Å². The zero-order valence-electron chi connectivity index (χ0n) is 9.10. The van der Waals surface area contributed by atoms with E-state index >= 15 is 0 Å². The van der Waals surface area contributed by atoms with Crippen molar-refractivity contribution < 1.29 is 4.42 Å². The van der Waals surface area contributed by atoms with Crippen LogP contribution in [0.1, 0.15) is 54.8 Å². The van der Waals surface area contributed by atoms with E-state index in [9.17, 15) is 0 Å². The molecule has 0 bridgehead atoms. The standard InChI is InChI=1S/C13H18O/c1-3-12-11-7-9-5-4-6-10(9)13(11)8(2)14-12/h9-10H,3-7H2,1-2H3. The molecule has 0 amide bonds. The zero-order valence-corrected chi connectivity index (χ0v) is 9.10. The first-order chi connectivity index (χ1) is 6.81. The SMILES string of the molecule is CCc1oc(C)c2c1CC1CCCC21. The number of furan rings is 1. The normalized spacial score (nSPS) is 29.3. The molecule has 0 saturated heterocycles. The molecule has 2 aliphatic carbocycles. The first-order valence-corrected chi connectivity index (χ1v) is 5.92. The second-order valence-electron chi connectivity index (χ2n) is 4.83. The van der Waals surface area contributed by atoms with Gasteiger partial charge in [-0.1, -0.05) is 13.3 Å². The van der Waals surface area contributed by atoms with Gasteiger partial charge in [-0.15, -0.1) is 0 Å². The lowest BCUT2D eigenvalue weighted by Crippen LogP contribution is -1.99. The Morgan fingerprint density at radius 2 is 2.21 bits per heavy atom. The molecular weight excluding hydrogens is 172 g/mol. The van der Waals surface area contributed by atoms with Crippen LogP contribution in [-0.2, 0) is 12.8 Å². The van der Waals surface area contributed by atoms with Crippen LogP contribution >= 0.6 is 0 Å². The second kappa shape index (κ2) is 2.88. The molecule has 2 atom stereocenters. The van der Waals surface area contributed by atoms with Crippen molar-refractivity contribution in [1.29, 1.82) is 0 Å². The maximum Gasteiger partial charge on any atom is 0.107 e. The number of rotatable bonds is 1. The fourth-order valence-electron chi connectivity index (χ4n) is 3.58. The average Bonchev–Trinajstić information content (AvgIpc) is 2.76. The van der Waals surface area contributed by atoms with E-state index in [2.05, 4.69) is 13.8 Å². The Hall–Kier alpha value is -0.720. The van der Waals surface area contributed by atoms with Crippen molar-refractivity contribution in [2.75, 3.05) is 0 Å². The molecule has 3 rings (SSSR count). The third-order valence-electron chi connectivity index (χ3n) is 4.13. The van der Waals surface area contributed by atoms with Gasteiger partial charge in [0.05, 0.1) is 0 Å². The predicted molar refractivity (Wildman–Crippen MR) is 56.6 cm³/mol. The minimum atomic E-state index is 0.856. The van der Waals surface area contributed by atoms with Crippen LogP contribution in [0.25, 0.3) is 0 Å². The lowest BCUT2D eigenvalue weighted by Gasteiger charge is -2.09. The molecule has 1 heteroatoms. The third kappa shape index (κ3) is 0.958. The summed E-state index contributed by atoms with van der Waals surface area (Å²) in [6.45, 7) is 4.35. The molecule has 0 spiro atoms. The van der Waals surface area contributed by atoms with E-state index in [0.717, 1.165) is 18.3 Å². The summed E-state index contributed by atoms with van der Waals surface area (Å²) in [4.78, 5) is 0. The highest BCUT2D eigenvalue weighted by Crippen LogP contribution is 2.51. The fraction of sp³-hybridized carbons (Fsp3) is 0.692. The number of fused-ring (bicyclic) bond motifs is 3. The molecule has 0 radical (unpaired) electrons. The summed E-state index contributed by atoms with van der Waals surface area (Å²) in [5.41, 5.74) is 3.18. The summed E-state index contributed by atoms with van der Waals surface area (Å²) in [6.07, 6.45) is 6.65. The molecule has 0 N–H and O–H groups in total. The summed E-state index contributed by atoms with van der Waals surface area (Å²) in [5.74, 6) is 4.30. The monoisotopic (exact) mass is 190 g/mol. The average molecular weight is 190 g/mol. The molecule has 1 aromatic rings. The van der Waals surface area contributed by atoms with Crippen molar-refractivity contribution >= 4 is 0 Å². The van der Waals surface area contributed by atoms with Gasteiger partial charge in [0.25, 0.3) is 0 Å². The minimum absolute atomic E-state index is 0.856. The van der Waals surface area contributed by atoms with Crippen LogP contribution in [0.2, 0.25) is 0 Å². The van der Waals surface area contributed by atoms with E-state index in [1.807, 2.05) is 0 Å². The Kier molecular flexibility index (Phi) is 1.77. The van der Waals surface area contributed by atoms with Crippen LogP contribution in [0.3, 0.4) is 0 Å². The van der Waals surface area contributed by atoms with Crippen molar-refractivity contribution in [3.05, 3.63) is 22.6 Å². The highest BCUT2D eigenvalue weighted by Gasteiger charge is 2.40. The van der Waals surface area contributed by atoms with Crippen LogP contribution in [-0.4, -0.2) is 0 Å². The largest absolute Gasteiger partial charge is 0.466 e. The Balaban J connectivity index is 2.10. The van der Waals surface area contributed by atoms with Gasteiger partial charge in [0.2, 0.25) is 0 Å². The highest BCUT2D eigenvalue weighted by atomic mass is 16.3. The molecule has 76 valence electrons. The summed E-state index contributed by atoms with van der Waals surface area (Å²) in [5, 5.41) is 0. The predicted octanol–water partition coefficient (Wildman–Crippen LogP) is 3.59. The Morgan fingerprint density at radius 1 is 1.36 bits per heavy atom. The topological polar surface area (TPSA) is 13.1 Å². The molecule has 1 heterocycles. The lowest BCUT2D eigenvalue weighted by molar-refractivity contribution is 0.450. The van der Waals surface area contributed by atoms with Gasteiger partial charge in [-0.3, -0.25) is 0 Å². The quantitative estimate of drug-likeness (QED) is 0.659. The zero-order chi connectivity index (χ0) is 9.71. The van der Waals surface area contributed by atoms with Gasteiger partial charge in [0.15, 0.2) is 0 Å². The number of hydrogen-bond donors (Lipinski definition) is 0. The van der Waals surface area contributed by atoms with E-state index in [1.54, 1.807) is 11.1 Å². The fourth-order valence-corrected chi connectivity index (χ4v) is 3.58. The molecule has 1 fully saturated rings. The van der Waals surface area contributed by atoms with Crippen molar-refractivity contribution in [3.8, 4) is 0 Å². The van der Waals surface area contributed by atoms with Crippen LogP contribution in [0.4, 0.5) is 0 Å². The van der Waals surface area contributed by atoms with Crippen LogP contribution < -0.4 is 0 Å². The molecule has 0 aliphatic heterocycles. The molecule has 1 nitrogen and oxygen atoms in total. The Bertz CT molecular complexity index is 362. The van der Waals surface area contributed by atoms with Crippen LogP contribution in [0, 0.1) is 12.8 Å². The van der Waals surface area contributed by atoms with Gasteiger partial charge < -0.3 is 4.42 Å². The number of hydrogen-bond acceptors (Lipinski definition) is 1. The first kappa shape index (κ1) is 8.58. The maximum absolute atomic E-state index is 5.84. The van der Waals surface area contributed by atoms with E-state index in [1.165, 1.54) is 37.2 Å². The van der Waals surface area contributed by atoms with E-state index < -0.39 is 0 Å². The van der Waals surface area contributed by atoms with Gasteiger partial charge in [0, 0.05) is 12.0 Å². The molecular formula is C13H18O. The summed E-state index contributed by atoms with van der Waals surface area (Å²) in [7, 11) is 0. The molecule has 0 aromatic carbocycles. The van der Waals surface area contributed by atoms with Gasteiger partial charge in [-0.2, -0.15) is 0 Å². The Morgan fingerprint density at radius 3 is 3.00 bits per heavy atom. The molecule has 2 aliphatic rings. The van der Waals surface area contributed by atoms with E-state index in [0.29, 0.717) is 0 Å². The van der Waals surface area contributed by atoms with Crippen molar-refractivity contribution in [1.82, 2.24) is 0 Å². The highest BCUT2D eigenvalue weighted by molar-refractivity contribution is 5.42. The summed E-state index contributed by atoms with van der Waals surface area (Å²) >= 11 is 0. The Labute approximate surface area is 85.5 Å². The van der Waals surface area contributed by atoms with Crippen LogP contribution in [0.15, 0.2) is 4.42 Å². The van der Waals surface area contributed by atoms with E-state index in [-0.39, 0.29) is 0 Å². The summed E-state index contributed by atoms with van der Waals surface area (Å²) in [6, 6.07) is 0. The third-order valence-corrected chi connectivity index (χ3v) is 4.13. The van der Waals surface area contributed by atoms with Gasteiger partial charge in [-0.25, -0.2) is 0 Å². The molecule has 1 saturated carbocycles. The minimum Gasteiger partial charge on any atom is -0.466 e.